The molecule has 2 saturated heterocycles. The normalized spacial score (nSPS) is 23.1. The van der Waals surface area contributed by atoms with Crippen molar-refractivity contribution in [2.75, 3.05) is 18.0 Å². The zero-order valence-electron chi connectivity index (χ0n) is 12.6. The summed E-state index contributed by atoms with van der Waals surface area (Å²) >= 11 is 1.56. The van der Waals surface area contributed by atoms with Gasteiger partial charge >= 0.3 is 6.03 Å². The molecule has 4 heterocycles. The van der Waals surface area contributed by atoms with Gasteiger partial charge in [0.1, 0.15) is 5.51 Å². The van der Waals surface area contributed by atoms with Gasteiger partial charge in [0.05, 0.1) is 12.1 Å². The number of rotatable bonds is 3. The number of pyridine rings is 1. The molecular formula is C15H18N6OS. The average molecular weight is 330 g/mol. The fraction of sp³-hybridized carbons (Fsp3) is 0.467. The lowest BCUT2D eigenvalue weighted by atomic mass is 10.1. The Kier molecular flexibility index (Phi) is 3.82. The summed E-state index contributed by atoms with van der Waals surface area (Å²) in [4.78, 5) is 20.9. The van der Waals surface area contributed by atoms with Crippen molar-refractivity contribution < 1.29 is 4.79 Å². The molecule has 2 amide bonds. The molecule has 2 aliphatic rings. The number of hydrogen-bond donors (Lipinski definition) is 1. The van der Waals surface area contributed by atoms with E-state index in [1.54, 1.807) is 29.2 Å². The van der Waals surface area contributed by atoms with Crippen LogP contribution in [0.5, 0.6) is 0 Å². The van der Waals surface area contributed by atoms with Crippen molar-refractivity contribution in [3.63, 3.8) is 0 Å². The van der Waals surface area contributed by atoms with E-state index >= 15 is 0 Å². The van der Waals surface area contributed by atoms with Crippen LogP contribution in [0.4, 0.5) is 9.93 Å². The maximum atomic E-state index is 12.5. The number of aromatic nitrogens is 3. The maximum absolute atomic E-state index is 12.5. The predicted octanol–water partition coefficient (Wildman–Crippen LogP) is 1.50. The van der Waals surface area contributed by atoms with Crippen LogP contribution in [-0.2, 0) is 6.54 Å². The number of nitrogens with one attached hydrogen (secondary N) is 1. The highest BCUT2D eigenvalue weighted by Crippen LogP contribution is 2.35. The molecule has 2 fully saturated rings. The van der Waals surface area contributed by atoms with Crippen LogP contribution in [0.3, 0.4) is 0 Å². The van der Waals surface area contributed by atoms with E-state index in [4.69, 9.17) is 0 Å². The highest BCUT2D eigenvalue weighted by molar-refractivity contribution is 7.13. The second kappa shape index (κ2) is 6.11. The standard InChI is InChI=1S/C15H18N6OS/c22-14(17-9-11-2-1-5-16-8-11)20-6-3-13-12(20)4-7-21(13)15-19-18-10-23-15/h1-2,5,8,10,12-13H,3-4,6-7,9H2,(H,17,22)/t12-,13+/m0/s1. The first-order valence-electron chi connectivity index (χ1n) is 7.79. The van der Waals surface area contributed by atoms with Gasteiger partial charge in [-0.15, -0.1) is 10.2 Å². The van der Waals surface area contributed by atoms with Crippen LogP contribution >= 0.6 is 11.3 Å². The molecule has 8 heteroatoms. The summed E-state index contributed by atoms with van der Waals surface area (Å²) in [5, 5.41) is 12.1. The monoisotopic (exact) mass is 330 g/mol. The fourth-order valence-electron chi connectivity index (χ4n) is 3.55. The van der Waals surface area contributed by atoms with E-state index in [-0.39, 0.29) is 12.1 Å². The predicted molar refractivity (Wildman–Crippen MR) is 87.2 cm³/mol. The Morgan fingerprint density at radius 1 is 1.35 bits per heavy atom. The van der Waals surface area contributed by atoms with E-state index in [0.29, 0.717) is 12.6 Å². The lowest BCUT2D eigenvalue weighted by Crippen LogP contribution is -2.44. The number of carbonyl (C=O) groups excluding carboxylic acids is 1. The summed E-state index contributed by atoms with van der Waals surface area (Å²) in [5.74, 6) is 0. The molecule has 0 unspecified atom stereocenters. The van der Waals surface area contributed by atoms with Crippen molar-refractivity contribution in [1.29, 1.82) is 0 Å². The SMILES string of the molecule is O=C(NCc1cccnc1)N1CC[C@@H]2[C@@H]1CCN2c1nncs1. The van der Waals surface area contributed by atoms with Gasteiger partial charge in [-0.05, 0) is 24.5 Å². The van der Waals surface area contributed by atoms with Crippen molar-refractivity contribution in [1.82, 2.24) is 25.4 Å². The van der Waals surface area contributed by atoms with Crippen LogP contribution in [0.25, 0.3) is 0 Å². The molecule has 1 N–H and O–H groups in total. The number of carbonyl (C=O) groups is 1. The molecule has 0 spiro atoms. The van der Waals surface area contributed by atoms with E-state index < -0.39 is 0 Å². The Balaban J connectivity index is 1.38. The molecule has 0 bridgehead atoms. The molecule has 4 rings (SSSR count). The number of likely N-dealkylation sites (tertiary alicyclic amines) is 1. The quantitative estimate of drug-likeness (QED) is 0.923. The largest absolute Gasteiger partial charge is 0.341 e. The summed E-state index contributed by atoms with van der Waals surface area (Å²) in [6.45, 7) is 2.25. The van der Waals surface area contributed by atoms with Gasteiger partial charge in [-0.1, -0.05) is 17.4 Å². The topological polar surface area (TPSA) is 74.2 Å². The molecule has 7 nitrogen and oxygen atoms in total. The number of amides is 2. The van der Waals surface area contributed by atoms with Crippen molar-refractivity contribution in [2.24, 2.45) is 0 Å². The van der Waals surface area contributed by atoms with Gasteiger partial charge in [-0.2, -0.15) is 0 Å². The number of hydrogen-bond acceptors (Lipinski definition) is 6. The Morgan fingerprint density at radius 2 is 2.26 bits per heavy atom. The van der Waals surface area contributed by atoms with Gasteiger partial charge in [0.2, 0.25) is 5.13 Å². The van der Waals surface area contributed by atoms with Gasteiger partial charge in [-0.3, -0.25) is 4.98 Å². The summed E-state index contributed by atoms with van der Waals surface area (Å²) in [7, 11) is 0. The third kappa shape index (κ3) is 2.74. The molecular weight excluding hydrogens is 312 g/mol. The van der Waals surface area contributed by atoms with Crippen LogP contribution < -0.4 is 10.2 Å². The number of fused-ring (bicyclic) bond motifs is 1. The number of anilines is 1. The average Bonchev–Trinajstić information content (AvgIpc) is 3.30. The molecule has 120 valence electrons. The van der Waals surface area contributed by atoms with Crippen LogP contribution in [0, 0.1) is 0 Å². The Hall–Kier alpha value is -2.22. The zero-order chi connectivity index (χ0) is 15.6. The van der Waals surface area contributed by atoms with Gasteiger partial charge < -0.3 is 15.1 Å². The van der Waals surface area contributed by atoms with Crippen LogP contribution in [0.15, 0.2) is 30.0 Å². The number of nitrogens with zero attached hydrogens (tertiary/aromatic N) is 5. The minimum atomic E-state index is 0.0143. The van der Waals surface area contributed by atoms with Crippen molar-refractivity contribution in [3.8, 4) is 0 Å². The van der Waals surface area contributed by atoms with Crippen molar-refractivity contribution in [2.45, 2.75) is 31.5 Å². The Labute approximate surface area is 138 Å². The van der Waals surface area contributed by atoms with E-state index in [1.165, 1.54) is 0 Å². The molecule has 0 saturated carbocycles. The molecule has 0 radical (unpaired) electrons. The zero-order valence-corrected chi connectivity index (χ0v) is 13.4. The van der Waals surface area contributed by atoms with E-state index in [2.05, 4.69) is 25.4 Å². The molecule has 0 aliphatic carbocycles. The fourth-order valence-corrected chi connectivity index (χ4v) is 4.20. The summed E-state index contributed by atoms with van der Waals surface area (Å²) < 4.78 is 0. The summed E-state index contributed by atoms with van der Waals surface area (Å²) in [6.07, 6.45) is 5.49. The molecule has 2 aliphatic heterocycles. The molecule has 23 heavy (non-hydrogen) atoms. The van der Waals surface area contributed by atoms with Crippen LogP contribution in [0.2, 0.25) is 0 Å². The lowest BCUT2D eigenvalue weighted by Gasteiger charge is -2.25. The molecule has 2 atom stereocenters. The molecule has 2 aromatic heterocycles. The van der Waals surface area contributed by atoms with E-state index in [9.17, 15) is 4.79 Å². The van der Waals surface area contributed by atoms with Gasteiger partial charge in [0, 0.05) is 32.0 Å². The van der Waals surface area contributed by atoms with Crippen LogP contribution in [-0.4, -0.2) is 51.3 Å². The van der Waals surface area contributed by atoms with Gasteiger partial charge in [-0.25, -0.2) is 4.79 Å². The first-order valence-corrected chi connectivity index (χ1v) is 8.67. The number of urea groups is 1. The highest BCUT2D eigenvalue weighted by atomic mass is 32.1. The maximum Gasteiger partial charge on any atom is 0.317 e. The Morgan fingerprint density at radius 3 is 3.04 bits per heavy atom. The van der Waals surface area contributed by atoms with E-state index in [0.717, 1.165) is 36.6 Å². The summed E-state index contributed by atoms with van der Waals surface area (Å²) in [6, 6.07) is 4.50. The second-order valence-corrected chi connectivity index (χ2v) is 6.65. The first kappa shape index (κ1) is 14.4. The first-order chi connectivity index (χ1) is 11.3. The molecule has 0 aromatic carbocycles. The van der Waals surface area contributed by atoms with Gasteiger partial charge in [0.25, 0.3) is 0 Å². The lowest BCUT2D eigenvalue weighted by molar-refractivity contribution is 0.192. The third-order valence-electron chi connectivity index (χ3n) is 4.60. The Bertz CT molecular complexity index is 664. The minimum Gasteiger partial charge on any atom is -0.341 e. The minimum absolute atomic E-state index is 0.0143. The van der Waals surface area contributed by atoms with Crippen molar-refractivity contribution in [3.05, 3.63) is 35.6 Å². The van der Waals surface area contributed by atoms with Gasteiger partial charge in [0.15, 0.2) is 0 Å². The smallest absolute Gasteiger partial charge is 0.317 e. The highest BCUT2D eigenvalue weighted by Gasteiger charge is 2.45. The second-order valence-electron chi connectivity index (χ2n) is 5.84. The summed E-state index contributed by atoms with van der Waals surface area (Å²) in [5.41, 5.74) is 2.77. The van der Waals surface area contributed by atoms with E-state index in [1.807, 2.05) is 17.0 Å². The van der Waals surface area contributed by atoms with Crippen molar-refractivity contribution >= 4 is 22.5 Å². The van der Waals surface area contributed by atoms with Crippen LogP contribution in [0.1, 0.15) is 18.4 Å². The third-order valence-corrected chi connectivity index (χ3v) is 5.32. The molecule has 2 aromatic rings.